The minimum absolute atomic E-state index is 0.146. The molecule has 2 aromatic rings. The van der Waals surface area contributed by atoms with Crippen molar-refractivity contribution in [3.8, 4) is 5.75 Å². The van der Waals surface area contributed by atoms with Crippen LogP contribution < -0.4 is 4.74 Å². The molecule has 1 aliphatic heterocycles. The van der Waals surface area contributed by atoms with E-state index in [-0.39, 0.29) is 16.0 Å². The molecule has 1 atom stereocenters. The van der Waals surface area contributed by atoms with E-state index in [0.29, 0.717) is 6.54 Å². The van der Waals surface area contributed by atoms with E-state index in [1.807, 2.05) is 24.3 Å². The van der Waals surface area contributed by atoms with Gasteiger partial charge in [0, 0.05) is 11.0 Å². The molecular formula is C17H17BrClNO3S. The number of nitrogens with zero attached hydrogens (tertiary/aromatic N) is 1. The van der Waals surface area contributed by atoms with Gasteiger partial charge in [-0.1, -0.05) is 39.7 Å². The van der Waals surface area contributed by atoms with Crippen molar-refractivity contribution < 1.29 is 13.2 Å². The highest BCUT2D eigenvalue weighted by atomic mass is 79.9. The first-order valence-corrected chi connectivity index (χ1v) is 10.2. The zero-order chi connectivity index (χ0) is 17.3. The summed E-state index contributed by atoms with van der Waals surface area (Å²) < 4.78 is 33.6. The smallest absolute Gasteiger partial charge is 0.245 e. The molecule has 0 aromatic heterocycles. The van der Waals surface area contributed by atoms with Gasteiger partial charge in [-0.15, -0.1) is 0 Å². The third-order valence-corrected chi connectivity index (χ3v) is 7.07. The van der Waals surface area contributed by atoms with Crippen LogP contribution in [0.15, 0.2) is 51.8 Å². The van der Waals surface area contributed by atoms with Crippen molar-refractivity contribution in [1.82, 2.24) is 4.31 Å². The monoisotopic (exact) mass is 429 g/mol. The molecule has 1 saturated heterocycles. The minimum Gasteiger partial charge on any atom is -0.497 e. The summed E-state index contributed by atoms with van der Waals surface area (Å²) in [6, 6.07) is 12.2. The molecule has 7 heteroatoms. The summed E-state index contributed by atoms with van der Waals surface area (Å²) in [4.78, 5) is 0.146. The fraction of sp³-hybridized carbons (Fsp3) is 0.294. The molecule has 0 spiro atoms. The van der Waals surface area contributed by atoms with Gasteiger partial charge in [-0.2, -0.15) is 4.31 Å². The Morgan fingerprint density at radius 1 is 1.21 bits per heavy atom. The Bertz CT molecular complexity index is 839. The summed E-state index contributed by atoms with van der Waals surface area (Å²) in [7, 11) is -2.04. The van der Waals surface area contributed by atoms with Crippen LogP contribution in [0.4, 0.5) is 0 Å². The molecule has 2 aromatic carbocycles. The number of rotatable bonds is 4. The van der Waals surface area contributed by atoms with Crippen LogP contribution in [0.25, 0.3) is 0 Å². The van der Waals surface area contributed by atoms with Gasteiger partial charge in [-0.25, -0.2) is 8.42 Å². The molecule has 1 fully saturated rings. The lowest BCUT2D eigenvalue weighted by Crippen LogP contribution is -2.30. The molecular weight excluding hydrogens is 414 g/mol. The van der Waals surface area contributed by atoms with Crippen molar-refractivity contribution in [3.63, 3.8) is 0 Å². The van der Waals surface area contributed by atoms with E-state index in [4.69, 9.17) is 16.3 Å². The van der Waals surface area contributed by atoms with Crippen LogP contribution in [0.3, 0.4) is 0 Å². The Kier molecular flexibility index (Phi) is 5.20. The first kappa shape index (κ1) is 17.7. The maximum atomic E-state index is 13.1. The van der Waals surface area contributed by atoms with Crippen LogP contribution in [0.5, 0.6) is 5.75 Å². The van der Waals surface area contributed by atoms with Gasteiger partial charge in [-0.3, -0.25) is 0 Å². The highest BCUT2D eigenvalue weighted by Gasteiger charge is 2.37. The van der Waals surface area contributed by atoms with Gasteiger partial charge < -0.3 is 4.74 Å². The topological polar surface area (TPSA) is 46.6 Å². The van der Waals surface area contributed by atoms with Gasteiger partial charge in [0.2, 0.25) is 10.0 Å². The van der Waals surface area contributed by atoms with Crippen LogP contribution in [0.1, 0.15) is 24.4 Å². The lowest BCUT2D eigenvalue weighted by atomic mass is 10.1. The van der Waals surface area contributed by atoms with E-state index in [2.05, 4.69) is 15.9 Å². The number of halogens is 2. The minimum atomic E-state index is -3.65. The Hall–Kier alpha value is -1.08. The molecule has 0 aliphatic carbocycles. The molecule has 0 bridgehead atoms. The fourth-order valence-electron chi connectivity index (χ4n) is 3.00. The van der Waals surface area contributed by atoms with Gasteiger partial charge in [0.1, 0.15) is 10.6 Å². The standard InChI is InChI=1S/C17H17BrClNO3S/c1-23-14-7-4-12(5-8-14)16-3-2-10-20(16)24(21,22)17-9-6-13(18)11-15(17)19/h4-9,11,16H,2-3,10H2,1H3. The van der Waals surface area contributed by atoms with E-state index in [1.54, 1.807) is 29.6 Å². The van der Waals surface area contributed by atoms with E-state index in [0.717, 1.165) is 28.6 Å². The maximum Gasteiger partial charge on any atom is 0.245 e. The summed E-state index contributed by atoms with van der Waals surface area (Å²) in [5.74, 6) is 0.752. The van der Waals surface area contributed by atoms with E-state index >= 15 is 0 Å². The van der Waals surface area contributed by atoms with Crippen LogP contribution in [-0.2, 0) is 10.0 Å². The fourth-order valence-corrected chi connectivity index (χ4v) is 5.69. The van der Waals surface area contributed by atoms with Crippen molar-refractivity contribution in [2.24, 2.45) is 0 Å². The highest BCUT2D eigenvalue weighted by Crippen LogP contribution is 2.38. The molecule has 3 rings (SSSR count). The first-order chi connectivity index (χ1) is 11.4. The molecule has 24 heavy (non-hydrogen) atoms. The van der Waals surface area contributed by atoms with Gasteiger partial charge in [0.15, 0.2) is 0 Å². The molecule has 4 nitrogen and oxygen atoms in total. The first-order valence-electron chi connectivity index (χ1n) is 7.54. The van der Waals surface area contributed by atoms with Gasteiger partial charge in [0.25, 0.3) is 0 Å². The second kappa shape index (κ2) is 7.04. The van der Waals surface area contributed by atoms with E-state index in [1.165, 1.54) is 0 Å². The Morgan fingerprint density at radius 2 is 1.92 bits per heavy atom. The zero-order valence-corrected chi connectivity index (χ0v) is 16.2. The Morgan fingerprint density at radius 3 is 2.54 bits per heavy atom. The van der Waals surface area contributed by atoms with Gasteiger partial charge >= 0.3 is 0 Å². The molecule has 128 valence electrons. The van der Waals surface area contributed by atoms with Crippen LogP contribution in [0.2, 0.25) is 5.02 Å². The summed E-state index contributed by atoms with van der Waals surface area (Å²) in [5, 5.41) is 0.227. The van der Waals surface area contributed by atoms with Crippen molar-refractivity contribution >= 4 is 37.6 Å². The zero-order valence-electron chi connectivity index (χ0n) is 13.1. The second-order valence-corrected chi connectivity index (χ2v) is 8.80. The normalized spacial score (nSPS) is 18.7. The number of ether oxygens (including phenoxy) is 1. The Balaban J connectivity index is 1.96. The number of methoxy groups -OCH3 is 1. The predicted octanol–water partition coefficient (Wildman–Crippen LogP) is 4.64. The maximum absolute atomic E-state index is 13.1. The summed E-state index contributed by atoms with van der Waals surface area (Å²) >= 11 is 9.48. The Labute approximate surface area is 155 Å². The van der Waals surface area contributed by atoms with Crippen LogP contribution in [0, 0.1) is 0 Å². The molecule has 0 saturated carbocycles. The third-order valence-electron chi connectivity index (χ3n) is 4.18. The van der Waals surface area contributed by atoms with Crippen molar-refractivity contribution in [2.45, 2.75) is 23.8 Å². The van der Waals surface area contributed by atoms with Crippen molar-refractivity contribution in [2.75, 3.05) is 13.7 Å². The molecule has 1 aliphatic rings. The summed E-state index contributed by atoms with van der Waals surface area (Å²) in [6.45, 7) is 0.491. The molecule has 0 radical (unpaired) electrons. The van der Waals surface area contributed by atoms with E-state index in [9.17, 15) is 8.42 Å². The van der Waals surface area contributed by atoms with Gasteiger partial charge in [0.05, 0.1) is 18.2 Å². The third kappa shape index (κ3) is 3.33. The largest absolute Gasteiger partial charge is 0.497 e. The quantitative estimate of drug-likeness (QED) is 0.710. The summed E-state index contributed by atoms with van der Waals surface area (Å²) in [6.07, 6.45) is 1.61. The van der Waals surface area contributed by atoms with Crippen LogP contribution in [-0.4, -0.2) is 26.4 Å². The van der Waals surface area contributed by atoms with Gasteiger partial charge in [-0.05, 0) is 48.7 Å². The number of benzene rings is 2. The van der Waals surface area contributed by atoms with E-state index < -0.39 is 10.0 Å². The average Bonchev–Trinajstić information content (AvgIpc) is 3.05. The second-order valence-electron chi connectivity index (χ2n) is 5.62. The number of sulfonamides is 1. The lowest BCUT2D eigenvalue weighted by Gasteiger charge is -2.25. The van der Waals surface area contributed by atoms with Crippen molar-refractivity contribution in [3.05, 3.63) is 57.5 Å². The molecule has 0 amide bonds. The molecule has 1 heterocycles. The predicted molar refractivity (Wildman–Crippen MR) is 98.0 cm³/mol. The number of hydrogen-bond acceptors (Lipinski definition) is 3. The van der Waals surface area contributed by atoms with Crippen LogP contribution >= 0.6 is 27.5 Å². The SMILES string of the molecule is COc1ccc(C2CCCN2S(=O)(=O)c2ccc(Br)cc2Cl)cc1. The van der Waals surface area contributed by atoms with Crippen molar-refractivity contribution in [1.29, 1.82) is 0 Å². The average molecular weight is 431 g/mol. The highest BCUT2D eigenvalue weighted by molar-refractivity contribution is 9.10. The molecule has 0 N–H and O–H groups in total. The number of hydrogen-bond donors (Lipinski definition) is 0. The lowest BCUT2D eigenvalue weighted by molar-refractivity contribution is 0.394. The molecule has 1 unspecified atom stereocenters. The summed E-state index contributed by atoms with van der Waals surface area (Å²) in [5.41, 5.74) is 0.963.